The number of benzene rings is 1. The van der Waals surface area contributed by atoms with Gasteiger partial charge in [0.1, 0.15) is 5.56 Å². The van der Waals surface area contributed by atoms with Gasteiger partial charge in [-0.15, -0.1) is 0 Å². The second-order valence-corrected chi connectivity index (χ2v) is 4.45. The normalized spacial score (nSPS) is 11.2. The van der Waals surface area contributed by atoms with Crippen LogP contribution in [0.25, 0.3) is 0 Å². The molecule has 0 aliphatic rings. The Kier molecular flexibility index (Phi) is 4.84. The molecule has 0 radical (unpaired) electrons. The van der Waals surface area contributed by atoms with E-state index in [1.807, 2.05) is 0 Å². The van der Waals surface area contributed by atoms with Crippen molar-refractivity contribution in [1.82, 2.24) is 0 Å². The fourth-order valence-electron chi connectivity index (χ4n) is 1.61. The van der Waals surface area contributed by atoms with Gasteiger partial charge >= 0.3 is 5.97 Å². The Labute approximate surface area is 126 Å². The molecule has 0 saturated heterocycles. The van der Waals surface area contributed by atoms with Crippen LogP contribution in [0.1, 0.15) is 21.7 Å². The first-order valence-electron chi connectivity index (χ1n) is 5.98. The Morgan fingerprint density at radius 1 is 1.43 bits per heavy atom. The molecule has 0 spiro atoms. The van der Waals surface area contributed by atoms with Gasteiger partial charge in [-0.05, 0) is 18.2 Å². The summed E-state index contributed by atoms with van der Waals surface area (Å²) in [4.78, 5) is 16.5. The summed E-state index contributed by atoms with van der Waals surface area (Å²) in [6, 6.07) is 8.39. The molecule has 0 bridgehead atoms. The van der Waals surface area contributed by atoms with Crippen LogP contribution in [0.3, 0.4) is 0 Å². The molecule has 0 aliphatic carbocycles. The predicted molar refractivity (Wildman–Crippen MR) is 77.0 cm³/mol. The molecule has 0 saturated carbocycles. The van der Waals surface area contributed by atoms with Crippen LogP contribution < -0.4 is 5.73 Å². The molecule has 21 heavy (non-hydrogen) atoms. The number of methoxy groups -OCH3 is 1. The van der Waals surface area contributed by atoms with Crippen molar-refractivity contribution >= 4 is 23.4 Å². The van der Waals surface area contributed by atoms with Crippen molar-refractivity contribution in [3.05, 3.63) is 58.5 Å². The maximum Gasteiger partial charge on any atom is 0.341 e. The summed E-state index contributed by atoms with van der Waals surface area (Å²) in [5.41, 5.74) is 6.69. The highest BCUT2D eigenvalue weighted by Crippen LogP contribution is 2.14. The Bertz CT molecular complexity index is 666. The smallest absolute Gasteiger partial charge is 0.341 e. The zero-order valence-corrected chi connectivity index (χ0v) is 12.0. The number of amidine groups is 1. The van der Waals surface area contributed by atoms with Gasteiger partial charge in [-0.2, -0.15) is 0 Å². The molecule has 6 nitrogen and oxygen atoms in total. The van der Waals surface area contributed by atoms with Gasteiger partial charge < -0.3 is 19.7 Å². The third-order valence-corrected chi connectivity index (χ3v) is 2.86. The Morgan fingerprint density at radius 2 is 2.24 bits per heavy atom. The van der Waals surface area contributed by atoms with E-state index in [1.54, 1.807) is 24.3 Å². The van der Waals surface area contributed by atoms with Crippen molar-refractivity contribution in [3.8, 4) is 0 Å². The second-order valence-electron chi connectivity index (χ2n) is 4.01. The quantitative estimate of drug-likeness (QED) is 0.397. The fraction of sp³-hybridized carbons (Fsp3) is 0.143. The van der Waals surface area contributed by atoms with Crippen LogP contribution in [0.4, 0.5) is 0 Å². The molecule has 110 valence electrons. The number of furan rings is 1. The number of nitrogens with two attached hydrogens (primary N) is 1. The van der Waals surface area contributed by atoms with E-state index >= 15 is 0 Å². The maximum atomic E-state index is 11.4. The number of esters is 1. The minimum Gasteiger partial charge on any atom is -0.465 e. The van der Waals surface area contributed by atoms with E-state index < -0.39 is 5.97 Å². The highest BCUT2D eigenvalue weighted by atomic mass is 35.5. The third kappa shape index (κ3) is 3.76. The lowest BCUT2D eigenvalue weighted by atomic mass is 10.2. The zero-order chi connectivity index (χ0) is 15.2. The van der Waals surface area contributed by atoms with Crippen molar-refractivity contribution in [3.63, 3.8) is 0 Å². The summed E-state index contributed by atoms with van der Waals surface area (Å²) in [6.45, 7) is -0.0430. The van der Waals surface area contributed by atoms with E-state index in [0.717, 1.165) is 0 Å². The molecule has 2 N–H and O–H groups in total. The molecule has 0 atom stereocenters. The number of carbonyl (C=O) groups excluding carboxylic acids is 1. The number of carbonyl (C=O) groups is 1. The van der Waals surface area contributed by atoms with Crippen LogP contribution in [0, 0.1) is 0 Å². The monoisotopic (exact) mass is 308 g/mol. The third-order valence-electron chi connectivity index (χ3n) is 2.63. The van der Waals surface area contributed by atoms with Crippen LogP contribution >= 0.6 is 11.6 Å². The molecule has 1 aromatic carbocycles. The second kappa shape index (κ2) is 6.81. The fourth-order valence-corrected chi connectivity index (χ4v) is 1.80. The number of hydrogen-bond acceptors (Lipinski definition) is 5. The standard InChI is InChI=1S/C14H13ClN2O4/c1-19-14(18)11-5-6-20-12(11)8-21-17-13(16)9-3-2-4-10(15)7-9/h2-7H,8H2,1H3,(H2,16,17). The summed E-state index contributed by atoms with van der Waals surface area (Å²) < 4.78 is 9.75. The van der Waals surface area contributed by atoms with E-state index in [-0.39, 0.29) is 18.0 Å². The molecular formula is C14H13ClN2O4. The van der Waals surface area contributed by atoms with Crippen LogP contribution in [0.5, 0.6) is 0 Å². The highest BCUT2D eigenvalue weighted by Gasteiger charge is 2.15. The number of hydrogen-bond donors (Lipinski definition) is 1. The Morgan fingerprint density at radius 3 is 2.95 bits per heavy atom. The lowest BCUT2D eigenvalue weighted by Crippen LogP contribution is -2.14. The molecular weight excluding hydrogens is 296 g/mol. The van der Waals surface area contributed by atoms with Crippen LogP contribution in [-0.4, -0.2) is 18.9 Å². The molecule has 2 rings (SSSR count). The molecule has 1 aromatic heterocycles. The first-order chi connectivity index (χ1) is 10.1. The van der Waals surface area contributed by atoms with Crippen molar-refractivity contribution in [2.75, 3.05) is 7.11 Å². The van der Waals surface area contributed by atoms with Gasteiger partial charge in [0.25, 0.3) is 0 Å². The largest absolute Gasteiger partial charge is 0.465 e. The summed E-state index contributed by atoms with van der Waals surface area (Å²) in [5.74, 6) is -0.0256. The van der Waals surface area contributed by atoms with Gasteiger partial charge in [0.05, 0.1) is 13.4 Å². The van der Waals surface area contributed by atoms with Gasteiger partial charge in [0.15, 0.2) is 18.2 Å². The van der Waals surface area contributed by atoms with Crippen LogP contribution in [0.15, 0.2) is 46.2 Å². The first kappa shape index (κ1) is 14.9. The average Bonchev–Trinajstić information content (AvgIpc) is 2.94. The SMILES string of the molecule is COC(=O)c1ccoc1CO/N=C(\N)c1cccc(Cl)c1. The molecule has 7 heteroatoms. The van der Waals surface area contributed by atoms with E-state index in [4.69, 9.17) is 26.6 Å². The summed E-state index contributed by atoms with van der Waals surface area (Å²) >= 11 is 5.86. The van der Waals surface area contributed by atoms with Gasteiger partial charge in [-0.3, -0.25) is 0 Å². The minimum atomic E-state index is -0.505. The summed E-state index contributed by atoms with van der Waals surface area (Å²) in [5, 5.41) is 4.31. The van der Waals surface area contributed by atoms with E-state index in [0.29, 0.717) is 16.3 Å². The van der Waals surface area contributed by atoms with Crippen molar-refractivity contribution in [2.24, 2.45) is 10.9 Å². The number of nitrogens with zero attached hydrogens (tertiary/aromatic N) is 1. The summed E-state index contributed by atoms with van der Waals surface area (Å²) in [6.07, 6.45) is 1.37. The Hall–Kier alpha value is -2.47. The molecule has 2 aromatic rings. The van der Waals surface area contributed by atoms with Crippen molar-refractivity contribution in [2.45, 2.75) is 6.61 Å². The lowest BCUT2D eigenvalue weighted by molar-refractivity contribution is 0.0587. The van der Waals surface area contributed by atoms with Crippen molar-refractivity contribution < 1.29 is 18.8 Å². The van der Waals surface area contributed by atoms with Crippen LogP contribution in [0.2, 0.25) is 5.02 Å². The molecule has 1 heterocycles. The van der Waals surface area contributed by atoms with E-state index in [1.165, 1.54) is 19.4 Å². The highest BCUT2D eigenvalue weighted by molar-refractivity contribution is 6.31. The van der Waals surface area contributed by atoms with E-state index in [2.05, 4.69) is 9.89 Å². The zero-order valence-electron chi connectivity index (χ0n) is 11.2. The van der Waals surface area contributed by atoms with Crippen LogP contribution in [-0.2, 0) is 16.2 Å². The van der Waals surface area contributed by atoms with Gasteiger partial charge in [0.2, 0.25) is 0 Å². The summed E-state index contributed by atoms with van der Waals surface area (Å²) in [7, 11) is 1.29. The topological polar surface area (TPSA) is 87.0 Å². The average molecular weight is 309 g/mol. The number of halogens is 1. The first-order valence-corrected chi connectivity index (χ1v) is 6.35. The predicted octanol–water partition coefficient (Wildman–Crippen LogP) is 2.56. The maximum absolute atomic E-state index is 11.4. The van der Waals surface area contributed by atoms with Gasteiger partial charge in [0, 0.05) is 10.6 Å². The Balaban J connectivity index is 2.02. The van der Waals surface area contributed by atoms with Crippen molar-refractivity contribution in [1.29, 1.82) is 0 Å². The number of rotatable bonds is 5. The number of oxime groups is 1. The molecule has 0 aliphatic heterocycles. The molecule has 0 fully saturated rings. The molecule has 0 unspecified atom stereocenters. The van der Waals surface area contributed by atoms with Gasteiger partial charge in [-0.25, -0.2) is 4.79 Å². The number of ether oxygens (including phenoxy) is 1. The van der Waals surface area contributed by atoms with Gasteiger partial charge in [-0.1, -0.05) is 28.9 Å². The molecule has 0 amide bonds. The lowest BCUT2D eigenvalue weighted by Gasteiger charge is -2.03. The van der Waals surface area contributed by atoms with E-state index in [9.17, 15) is 4.79 Å². The minimum absolute atomic E-state index is 0.0430.